The Bertz CT molecular complexity index is 3170. The van der Waals surface area contributed by atoms with Gasteiger partial charge in [-0.2, -0.15) is 0 Å². The molecule has 11 rings (SSSR count). The van der Waals surface area contributed by atoms with Gasteiger partial charge < -0.3 is 9.32 Å². The summed E-state index contributed by atoms with van der Waals surface area (Å²) in [4.78, 5) is 2.39. The van der Waals surface area contributed by atoms with Crippen LogP contribution in [0, 0.1) is 0 Å². The van der Waals surface area contributed by atoms with E-state index in [0.29, 0.717) is 0 Å². The first-order valence-electron chi connectivity index (χ1n) is 20.9. The van der Waals surface area contributed by atoms with Crippen LogP contribution in [0.15, 0.2) is 253 Å². The summed E-state index contributed by atoms with van der Waals surface area (Å²) < 4.78 is 6.78. The average Bonchev–Trinajstić information content (AvgIpc) is 3.72. The molecule has 0 saturated heterocycles. The zero-order chi connectivity index (χ0) is 40.6. The fraction of sp³-hybridized carbons (Fsp3) is 0. The highest BCUT2D eigenvalue weighted by Gasteiger charge is 2.41. The third-order valence-corrected chi connectivity index (χ3v) is 17.0. The van der Waals surface area contributed by atoms with Crippen LogP contribution in [0.1, 0.15) is 0 Å². The Kier molecular flexibility index (Phi) is 9.22. The van der Waals surface area contributed by atoms with E-state index in [1.54, 1.807) is 0 Å². The third-order valence-electron chi connectivity index (χ3n) is 12.2. The summed E-state index contributed by atoms with van der Waals surface area (Å²) in [6.45, 7) is 0. The molecule has 1 heterocycles. The molecule has 0 bridgehead atoms. The van der Waals surface area contributed by atoms with Gasteiger partial charge in [0.15, 0.2) is 8.07 Å². The van der Waals surface area contributed by atoms with Crippen LogP contribution in [0.2, 0.25) is 0 Å². The molecule has 61 heavy (non-hydrogen) atoms. The maximum Gasteiger partial charge on any atom is 0.179 e. The summed E-state index contributed by atoms with van der Waals surface area (Å²) in [7, 11) is -2.80. The number of hydrogen-bond acceptors (Lipinski definition) is 2. The van der Waals surface area contributed by atoms with Gasteiger partial charge in [-0.05, 0) is 90.9 Å². The van der Waals surface area contributed by atoms with Crippen molar-refractivity contribution in [3.63, 3.8) is 0 Å². The second-order valence-corrected chi connectivity index (χ2v) is 19.5. The zero-order valence-electron chi connectivity index (χ0n) is 33.5. The number of nitrogens with zero attached hydrogens (tertiary/aromatic N) is 1. The van der Waals surface area contributed by atoms with Crippen molar-refractivity contribution in [2.75, 3.05) is 4.90 Å². The Morgan fingerprint density at radius 2 is 0.754 bits per heavy atom. The van der Waals surface area contributed by atoms with Gasteiger partial charge in [-0.1, -0.05) is 200 Å². The summed E-state index contributed by atoms with van der Waals surface area (Å²) in [6, 6.07) is 90.6. The molecule has 0 spiro atoms. The predicted octanol–water partition coefficient (Wildman–Crippen LogP) is 12.9. The van der Waals surface area contributed by atoms with E-state index in [-0.39, 0.29) is 0 Å². The lowest BCUT2D eigenvalue weighted by atomic mass is 10.00. The highest BCUT2D eigenvalue weighted by Crippen LogP contribution is 2.40. The molecule has 2 nitrogen and oxygen atoms in total. The van der Waals surface area contributed by atoms with E-state index in [4.69, 9.17) is 4.42 Å². The monoisotopic (exact) mass is 795 g/mol. The maximum atomic E-state index is 6.78. The maximum absolute atomic E-state index is 6.78. The van der Waals surface area contributed by atoms with E-state index in [0.717, 1.165) is 44.4 Å². The summed E-state index contributed by atoms with van der Waals surface area (Å²) in [5, 5.41) is 9.87. The van der Waals surface area contributed by atoms with Crippen molar-refractivity contribution < 1.29 is 4.42 Å². The fourth-order valence-electron chi connectivity index (χ4n) is 9.31. The van der Waals surface area contributed by atoms with Crippen LogP contribution < -0.4 is 25.6 Å². The average molecular weight is 796 g/mol. The van der Waals surface area contributed by atoms with Crippen LogP contribution in [0.4, 0.5) is 17.1 Å². The Morgan fingerprint density at radius 1 is 0.295 bits per heavy atom. The molecule has 3 heteroatoms. The summed E-state index contributed by atoms with van der Waals surface area (Å²) in [5.41, 5.74) is 9.73. The second-order valence-electron chi connectivity index (χ2n) is 15.7. The quantitative estimate of drug-likeness (QED) is 0.107. The Balaban J connectivity index is 1.09. The van der Waals surface area contributed by atoms with Crippen LogP contribution in [-0.2, 0) is 0 Å². The molecule has 0 aliphatic heterocycles. The normalized spacial score (nSPS) is 11.6. The number of rotatable bonds is 9. The number of anilines is 3. The first-order chi connectivity index (χ1) is 30.2. The number of fused-ring (bicyclic) bond motifs is 5. The van der Waals surface area contributed by atoms with Gasteiger partial charge >= 0.3 is 0 Å². The lowest BCUT2D eigenvalue weighted by molar-refractivity contribution is 0.672. The standard InChI is InChI=1S/C58H41NOSi/c1-5-16-42(17-6-1)43-28-30-44(31-29-43)45-32-35-47(36-33-45)59(49-37-39-55-56-38-34-46-18-13-14-27-54(46)58(56)60-57(55)41-49)48-19-15-26-53(40-48)61(50-20-7-2-8-21-50,51-22-9-3-10-23-51)52-24-11-4-12-25-52/h1-41H. The Hall–Kier alpha value is -7.72. The van der Waals surface area contributed by atoms with Gasteiger partial charge in [0.2, 0.25) is 0 Å². The van der Waals surface area contributed by atoms with Gasteiger partial charge in [-0.3, -0.25) is 0 Å². The molecule has 0 atom stereocenters. The van der Waals surface area contributed by atoms with E-state index < -0.39 is 8.07 Å². The minimum atomic E-state index is -2.80. The molecule has 0 radical (unpaired) electrons. The summed E-state index contributed by atoms with van der Waals surface area (Å²) >= 11 is 0. The zero-order valence-corrected chi connectivity index (χ0v) is 34.5. The van der Waals surface area contributed by atoms with Crippen LogP contribution >= 0.6 is 0 Å². The van der Waals surface area contributed by atoms with Crippen LogP contribution in [0.25, 0.3) is 55.0 Å². The van der Waals surface area contributed by atoms with E-state index >= 15 is 0 Å². The number of furan rings is 1. The van der Waals surface area contributed by atoms with Crippen molar-refractivity contribution >= 4 is 78.6 Å². The second kappa shape index (κ2) is 15.5. The van der Waals surface area contributed by atoms with E-state index in [1.807, 2.05) is 0 Å². The van der Waals surface area contributed by atoms with Crippen LogP contribution in [0.3, 0.4) is 0 Å². The Labute approximate surface area is 357 Å². The van der Waals surface area contributed by atoms with Gasteiger partial charge in [0.1, 0.15) is 11.2 Å². The van der Waals surface area contributed by atoms with Crippen molar-refractivity contribution in [2.24, 2.45) is 0 Å². The third kappa shape index (κ3) is 6.44. The summed E-state index contributed by atoms with van der Waals surface area (Å²) in [6.07, 6.45) is 0. The molecule has 0 amide bonds. The van der Waals surface area contributed by atoms with E-state index in [2.05, 4.69) is 254 Å². The number of hydrogen-bond donors (Lipinski definition) is 0. The predicted molar refractivity (Wildman–Crippen MR) is 260 cm³/mol. The number of benzene rings is 10. The van der Waals surface area contributed by atoms with Crippen LogP contribution in [0.5, 0.6) is 0 Å². The fourth-order valence-corrected chi connectivity index (χ4v) is 14.1. The van der Waals surface area contributed by atoms with Gasteiger partial charge in [-0.25, -0.2) is 0 Å². The molecule has 0 saturated carbocycles. The van der Waals surface area contributed by atoms with Crippen molar-refractivity contribution in [3.05, 3.63) is 249 Å². The van der Waals surface area contributed by atoms with Crippen molar-refractivity contribution in [3.8, 4) is 22.3 Å². The molecule has 1 aromatic heterocycles. The lowest BCUT2D eigenvalue weighted by Crippen LogP contribution is -2.74. The van der Waals surface area contributed by atoms with Gasteiger partial charge in [0.05, 0.1) is 0 Å². The minimum Gasteiger partial charge on any atom is -0.455 e. The molecule has 0 aliphatic carbocycles. The van der Waals surface area contributed by atoms with Gasteiger partial charge in [0.25, 0.3) is 0 Å². The van der Waals surface area contributed by atoms with Crippen molar-refractivity contribution in [1.29, 1.82) is 0 Å². The molecule has 0 N–H and O–H groups in total. The lowest BCUT2D eigenvalue weighted by Gasteiger charge is -2.35. The smallest absolute Gasteiger partial charge is 0.179 e. The highest BCUT2D eigenvalue weighted by molar-refractivity contribution is 7.19. The largest absolute Gasteiger partial charge is 0.455 e. The molecular weight excluding hydrogens is 755 g/mol. The topological polar surface area (TPSA) is 16.4 Å². The molecular formula is C58H41NOSi. The molecule has 10 aromatic carbocycles. The summed E-state index contributed by atoms with van der Waals surface area (Å²) in [5.74, 6) is 0. The Morgan fingerprint density at radius 3 is 1.36 bits per heavy atom. The molecule has 11 aromatic rings. The van der Waals surface area contributed by atoms with E-state index in [1.165, 1.54) is 48.4 Å². The van der Waals surface area contributed by atoms with Crippen LogP contribution in [-0.4, -0.2) is 8.07 Å². The van der Waals surface area contributed by atoms with Gasteiger partial charge in [0, 0.05) is 39.3 Å². The first-order valence-corrected chi connectivity index (χ1v) is 22.9. The molecule has 288 valence electrons. The highest BCUT2D eigenvalue weighted by atomic mass is 28.3. The molecule has 0 aliphatic rings. The van der Waals surface area contributed by atoms with Crippen molar-refractivity contribution in [2.45, 2.75) is 0 Å². The van der Waals surface area contributed by atoms with E-state index in [9.17, 15) is 0 Å². The molecule has 0 fully saturated rings. The van der Waals surface area contributed by atoms with Crippen molar-refractivity contribution in [1.82, 2.24) is 0 Å². The first kappa shape index (κ1) is 36.4. The molecule has 0 unspecified atom stereocenters. The minimum absolute atomic E-state index is 0.863. The SMILES string of the molecule is c1ccc(-c2ccc(-c3ccc(N(c4cccc([Si](c5ccccc5)(c5ccccc5)c5ccccc5)c4)c4ccc5c(c4)oc4c6ccccc6ccc54)cc3)cc2)cc1. The van der Waals surface area contributed by atoms with Gasteiger partial charge in [-0.15, -0.1) is 0 Å².